The van der Waals surface area contributed by atoms with Crippen LogP contribution in [0.3, 0.4) is 0 Å². The Kier molecular flexibility index (Phi) is 2.65. The fraction of sp³-hybridized carbons (Fsp3) is 0.875. The van der Waals surface area contributed by atoms with Crippen molar-refractivity contribution in [2.75, 3.05) is 13.2 Å². The molecule has 2 aliphatic rings. The van der Waals surface area contributed by atoms with E-state index in [-0.39, 0.29) is 19.1 Å². The van der Waals surface area contributed by atoms with Gasteiger partial charge >= 0.3 is 0 Å². The predicted molar refractivity (Wildman–Crippen MR) is 45.3 cm³/mol. The highest BCUT2D eigenvalue weighted by Gasteiger charge is 2.66. The van der Waals surface area contributed by atoms with Crippen LogP contribution in [0.15, 0.2) is 0 Å². The lowest BCUT2D eigenvalue weighted by Crippen LogP contribution is -2.61. The second-order valence-corrected chi connectivity index (χ2v) is 3.64. The molecule has 2 aliphatic heterocycles. The SMILES string of the molecule is CC(=O)N[C@H]1CO[C@H](CO)C2(OO2)[C@@H]1O. The van der Waals surface area contributed by atoms with E-state index >= 15 is 0 Å². The number of aliphatic hydroxyl groups excluding tert-OH is 2. The van der Waals surface area contributed by atoms with Gasteiger partial charge in [-0.15, -0.1) is 0 Å². The molecule has 0 aliphatic carbocycles. The van der Waals surface area contributed by atoms with Gasteiger partial charge < -0.3 is 20.3 Å². The first-order chi connectivity index (χ1) is 7.10. The quantitative estimate of drug-likeness (QED) is 0.363. The van der Waals surface area contributed by atoms with E-state index in [2.05, 4.69) is 15.1 Å². The molecule has 3 atom stereocenters. The molecular weight excluding hydrogens is 206 g/mol. The highest BCUT2D eigenvalue weighted by molar-refractivity contribution is 5.73. The number of aliphatic hydroxyl groups is 2. The number of ether oxygens (including phenoxy) is 1. The predicted octanol–water partition coefficient (Wildman–Crippen LogP) is -2.10. The maximum Gasteiger partial charge on any atom is 0.289 e. The molecule has 0 aromatic rings. The van der Waals surface area contributed by atoms with Gasteiger partial charge in [0.25, 0.3) is 5.79 Å². The van der Waals surface area contributed by atoms with Crippen LogP contribution < -0.4 is 5.32 Å². The number of carbonyl (C=O) groups is 1. The minimum absolute atomic E-state index is 0.112. The number of amides is 1. The van der Waals surface area contributed by atoms with Crippen LogP contribution >= 0.6 is 0 Å². The Morgan fingerprint density at radius 1 is 1.60 bits per heavy atom. The largest absolute Gasteiger partial charge is 0.393 e. The number of hydrogen-bond acceptors (Lipinski definition) is 6. The molecule has 2 fully saturated rings. The fourth-order valence-corrected chi connectivity index (χ4v) is 1.71. The van der Waals surface area contributed by atoms with Crippen molar-refractivity contribution < 1.29 is 29.5 Å². The number of rotatable bonds is 2. The Morgan fingerprint density at radius 2 is 2.27 bits per heavy atom. The van der Waals surface area contributed by atoms with E-state index in [1.54, 1.807) is 0 Å². The molecule has 86 valence electrons. The first kappa shape index (κ1) is 10.8. The summed E-state index contributed by atoms with van der Waals surface area (Å²) in [6.07, 6.45) is -1.77. The van der Waals surface area contributed by atoms with Crippen LogP contribution in [0.25, 0.3) is 0 Å². The summed E-state index contributed by atoms with van der Waals surface area (Å²) in [5.74, 6) is -1.60. The summed E-state index contributed by atoms with van der Waals surface area (Å²) in [6, 6.07) is -0.590. The number of nitrogens with one attached hydrogen (secondary N) is 1. The van der Waals surface area contributed by atoms with Crippen molar-refractivity contribution in [3.05, 3.63) is 0 Å². The van der Waals surface area contributed by atoms with E-state index in [1.165, 1.54) is 6.92 Å². The molecule has 15 heavy (non-hydrogen) atoms. The first-order valence-electron chi connectivity index (χ1n) is 4.64. The van der Waals surface area contributed by atoms with Gasteiger partial charge in [-0.1, -0.05) is 0 Å². The van der Waals surface area contributed by atoms with Gasteiger partial charge in [0.1, 0.15) is 12.2 Å². The second kappa shape index (κ2) is 3.69. The summed E-state index contributed by atoms with van der Waals surface area (Å²) >= 11 is 0. The van der Waals surface area contributed by atoms with Gasteiger partial charge in [0.15, 0.2) is 0 Å². The minimum atomic E-state index is -1.32. The molecular formula is C8H13NO6. The third-order valence-corrected chi connectivity index (χ3v) is 2.55. The zero-order valence-electron chi connectivity index (χ0n) is 8.17. The van der Waals surface area contributed by atoms with Crippen LogP contribution in [0, 0.1) is 0 Å². The Labute approximate surface area is 85.9 Å². The maximum atomic E-state index is 10.8. The average Bonchev–Trinajstić information content (AvgIpc) is 2.95. The fourth-order valence-electron chi connectivity index (χ4n) is 1.71. The standard InChI is InChI=1S/C8H13NO6/c1-4(11)9-5-3-13-6(2-10)8(7(5)12)14-15-8/h5-7,10,12H,2-3H2,1H3,(H,9,11)/t5-,6+,7+/m0/s1. The lowest BCUT2D eigenvalue weighted by molar-refractivity contribution is -0.151. The molecule has 0 aromatic heterocycles. The van der Waals surface area contributed by atoms with E-state index in [0.29, 0.717) is 0 Å². The Bertz CT molecular complexity index is 266. The summed E-state index contributed by atoms with van der Waals surface area (Å²) in [5, 5.41) is 21.3. The smallest absolute Gasteiger partial charge is 0.289 e. The van der Waals surface area contributed by atoms with Crippen molar-refractivity contribution in [1.82, 2.24) is 5.32 Å². The zero-order valence-corrected chi connectivity index (χ0v) is 8.17. The first-order valence-corrected chi connectivity index (χ1v) is 4.64. The molecule has 1 spiro atoms. The monoisotopic (exact) mass is 219 g/mol. The molecule has 0 radical (unpaired) electrons. The lowest BCUT2D eigenvalue weighted by Gasteiger charge is -2.35. The van der Waals surface area contributed by atoms with Gasteiger partial charge in [-0.05, 0) is 0 Å². The van der Waals surface area contributed by atoms with Gasteiger partial charge in [-0.25, -0.2) is 0 Å². The molecule has 0 bridgehead atoms. The van der Waals surface area contributed by atoms with Crippen molar-refractivity contribution in [2.24, 2.45) is 0 Å². The highest BCUT2D eigenvalue weighted by atomic mass is 17.4. The molecule has 0 unspecified atom stereocenters. The van der Waals surface area contributed by atoms with Crippen LogP contribution in [0.2, 0.25) is 0 Å². The third kappa shape index (κ3) is 1.72. The third-order valence-electron chi connectivity index (χ3n) is 2.55. The van der Waals surface area contributed by atoms with Crippen molar-refractivity contribution >= 4 is 5.91 Å². The van der Waals surface area contributed by atoms with E-state index in [9.17, 15) is 9.90 Å². The molecule has 2 saturated heterocycles. The van der Waals surface area contributed by atoms with Crippen molar-refractivity contribution in [2.45, 2.75) is 31.0 Å². The van der Waals surface area contributed by atoms with Crippen molar-refractivity contribution in [3.8, 4) is 0 Å². The van der Waals surface area contributed by atoms with Gasteiger partial charge in [0.05, 0.1) is 19.3 Å². The second-order valence-electron chi connectivity index (χ2n) is 3.64. The average molecular weight is 219 g/mol. The molecule has 7 nitrogen and oxygen atoms in total. The number of carbonyl (C=O) groups excluding carboxylic acids is 1. The van der Waals surface area contributed by atoms with Gasteiger partial charge in [-0.3, -0.25) is 4.79 Å². The summed E-state index contributed by atoms with van der Waals surface area (Å²) < 4.78 is 5.21. The van der Waals surface area contributed by atoms with Gasteiger partial charge in [-0.2, -0.15) is 9.78 Å². The minimum Gasteiger partial charge on any atom is -0.393 e. The van der Waals surface area contributed by atoms with Gasteiger partial charge in [0.2, 0.25) is 5.91 Å². The summed E-state index contributed by atoms with van der Waals surface area (Å²) in [6.45, 7) is 1.14. The van der Waals surface area contributed by atoms with Crippen LogP contribution in [0.5, 0.6) is 0 Å². The van der Waals surface area contributed by atoms with E-state index in [1.807, 2.05) is 0 Å². The summed E-state index contributed by atoms with van der Waals surface area (Å²) in [7, 11) is 0. The summed E-state index contributed by atoms with van der Waals surface area (Å²) in [5.41, 5.74) is 0. The Balaban J connectivity index is 2.05. The summed E-state index contributed by atoms with van der Waals surface area (Å²) in [4.78, 5) is 20.2. The lowest BCUT2D eigenvalue weighted by atomic mass is 9.95. The van der Waals surface area contributed by atoms with Crippen LogP contribution in [-0.2, 0) is 19.3 Å². The van der Waals surface area contributed by atoms with E-state index < -0.39 is 24.0 Å². The van der Waals surface area contributed by atoms with E-state index in [4.69, 9.17) is 9.84 Å². The zero-order chi connectivity index (χ0) is 11.1. The van der Waals surface area contributed by atoms with Crippen LogP contribution in [-0.4, -0.2) is 53.4 Å². The Hall–Kier alpha value is -0.730. The van der Waals surface area contributed by atoms with Crippen LogP contribution in [0.4, 0.5) is 0 Å². The van der Waals surface area contributed by atoms with E-state index in [0.717, 1.165) is 0 Å². The topological polar surface area (TPSA) is 104 Å². The number of hydrogen-bond donors (Lipinski definition) is 3. The molecule has 0 saturated carbocycles. The van der Waals surface area contributed by atoms with Crippen LogP contribution in [0.1, 0.15) is 6.92 Å². The molecule has 1 amide bonds. The van der Waals surface area contributed by atoms with Crippen molar-refractivity contribution in [1.29, 1.82) is 0 Å². The normalized spacial score (nSPS) is 37.7. The van der Waals surface area contributed by atoms with Gasteiger partial charge in [0, 0.05) is 6.92 Å². The highest BCUT2D eigenvalue weighted by Crippen LogP contribution is 2.42. The molecule has 2 rings (SSSR count). The van der Waals surface area contributed by atoms with Crippen molar-refractivity contribution in [3.63, 3.8) is 0 Å². The molecule has 2 heterocycles. The molecule has 3 N–H and O–H groups in total. The molecule has 7 heteroatoms. The maximum absolute atomic E-state index is 10.8. The molecule has 0 aromatic carbocycles. The Morgan fingerprint density at radius 3 is 2.73 bits per heavy atom.